The number of fused-ring (bicyclic) bond motifs is 3. The van der Waals surface area contributed by atoms with Gasteiger partial charge in [-0.2, -0.15) is 0 Å². The third-order valence-corrected chi connectivity index (χ3v) is 4.25. The van der Waals surface area contributed by atoms with E-state index in [-0.39, 0.29) is 0 Å². The monoisotopic (exact) mass is 277 g/mol. The summed E-state index contributed by atoms with van der Waals surface area (Å²) in [4.78, 5) is 10.0. The van der Waals surface area contributed by atoms with Gasteiger partial charge in [-0.25, -0.2) is 9.97 Å². The summed E-state index contributed by atoms with van der Waals surface area (Å²) in [7, 11) is 0. The molecule has 0 aliphatic heterocycles. The summed E-state index contributed by atoms with van der Waals surface area (Å²) in [5.41, 5.74) is 0.993. The molecule has 1 N–H and O–H groups in total. The van der Waals surface area contributed by atoms with Crippen LogP contribution in [0.2, 0.25) is 0 Å². The van der Waals surface area contributed by atoms with Crippen molar-refractivity contribution in [2.24, 2.45) is 0 Å². The smallest absolute Gasteiger partial charge is 0.228 e. The Bertz CT molecular complexity index is 884. The fraction of sp³-hybridized carbons (Fsp3) is 0. The maximum atomic E-state index is 4.60. The van der Waals surface area contributed by atoms with Crippen molar-refractivity contribution < 1.29 is 0 Å². The van der Waals surface area contributed by atoms with Gasteiger partial charge in [-0.05, 0) is 18.2 Å². The van der Waals surface area contributed by atoms with Crippen LogP contribution in [0.15, 0.2) is 60.8 Å². The first kappa shape index (κ1) is 11.4. The van der Waals surface area contributed by atoms with Crippen molar-refractivity contribution in [3.8, 4) is 0 Å². The number of benzene rings is 2. The number of aromatic nitrogens is 2. The first-order chi connectivity index (χ1) is 9.90. The summed E-state index contributed by atoms with van der Waals surface area (Å²) in [6.45, 7) is 0. The zero-order valence-electron chi connectivity index (χ0n) is 10.6. The van der Waals surface area contributed by atoms with E-state index in [4.69, 9.17) is 0 Å². The molecular formula is C16H11N3S. The first-order valence-corrected chi connectivity index (χ1v) is 7.18. The maximum Gasteiger partial charge on any atom is 0.228 e. The molecule has 0 atom stereocenters. The predicted octanol–water partition coefficient (Wildman–Crippen LogP) is 4.59. The zero-order valence-corrected chi connectivity index (χ0v) is 11.4. The second-order valence-electron chi connectivity index (χ2n) is 4.50. The molecular weight excluding hydrogens is 266 g/mol. The van der Waals surface area contributed by atoms with Gasteiger partial charge in [-0.1, -0.05) is 36.4 Å². The summed E-state index contributed by atoms with van der Waals surface area (Å²) in [6.07, 6.45) is 1.90. The molecule has 4 aromatic rings. The molecule has 4 heteroatoms. The largest absolute Gasteiger partial charge is 0.324 e. The highest BCUT2D eigenvalue weighted by atomic mass is 32.1. The van der Waals surface area contributed by atoms with E-state index in [9.17, 15) is 0 Å². The second kappa shape index (κ2) is 4.58. The SMILES string of the molecule is c1ccc(Nc2ncc3c(n2)sc2ccccc23)cc1. The Morgan fingerprint density at radius 2 is 1.65 bits per heavy atom. The van der Waals surface area contributed by atoms with Crippen LogP contribution in [0.3, 0.4) is 0 Å². The van der Waals surface area contributed by atoms with Gasteiger partial charge in [0.15, 0.2) is 0 Å². The molecule has 0 saturated heterocycles. The summed E-state index contributed by atoms with van der Waals surface area (Å²) >= 11 is 1.70. The first-order valence-electron chi connectivity index (χ1n) is 6.36. The minimum atomic E-state index is 0.634. The lowest BCUT2D eigenvalue weighted by Gasteiger charge is -2.03. The van der Waals surface area contributed by atoms with E-state index in [0.29, 0.717) is 5.95 Å². The molecule has 0 aliphatic rings. The second-order valence-corrected chi connectivity index (χ2v) is 5.53. The fourth-order valence-corrected chi connectivity index (χ4v) is 3.27. The third kappa shape index (κ3) is 1.90. The van der Waals surface area contributed by atoms with Gasteiger partial charge in [-0.15, -0.1) is 11.3 Å². The van der Waals surface area contributed by atoms with Gasteiger partial charge in [-0.3, -0.25) is 0 Å². The van der Waals surface area contributed by atoms with Crippen LogP contribution >= 0.6 is 11.3 Å². The van der Waals surface area contributed by atoms with Gasteiger partial charge >= 0.3 is 0 Å². The van der Waals surface area contributed by atoms with Crippen molar-refractivity contribution in [3.63, 3.8) is 0 Å². The molecule has 0 saturated carbocycles. The van der Waals surface area contributed by atoms with Gasteiger partial charge in [0, 0.05) is 27.4 Å². The molecule has 2 heterocycles. The lowest BCUT2D eigenvalue weighted by atomic mass is 10.2. The number of nitrogens with one attached hydrogen (secondary N) is 1. The lowest BCUT2D eigenvalue weighted by Crippen LogP contribution is -1.95. The average molecular weight is 277 g/mol. The molecule has 0 spiro atoms. The predicted molar refractivity (Wildman–Crippen MR) is 84.6 cm³/mol. The van der Waals surface area contributed by atoms with Gasteiger partial charge in [0.25, 0.3) is 0 Å². The molecule has 0 amide bonds. The van der Waals surface area contributed by atoms with E-state index in [1.165, 1.54) is 10.1 Å². The Morgan fingerprint density at radius 3 is 2.55 bits per heavy atom. The van der Waals surface area contributed by atoms with E-state index in [0.717, 1.165) is 15.9 Å². The molecule has 0 aliphatic carbocycles. The van der Waals surface area contributed by atoms with Gasteiger partial charge in [0.1, 0.15) is 4.83 Å². The van der Waals surface area contributed by atoms with Crippen LogP contribution < -0.4 is 5.32 Å². The molecule has 0 unspecified atom stereocenters. The Morgan fingerprint density at radius 1 is 0.850 bits per heavy atom. The van der Waals surface area contributed by atoms with Gasteiger partial charge in [0.2, 0.25) is 5.95 Å². The quantitative estimate of drug-likeness (QED) is 0.582. The molecule has 4 rings (SSSR count). The topological polar surface area (TPSA) is 37.8 Å². The van der Waals surface area contributed by atoms with Crippen molar-refractivity contribution in [1.82, 2.24) is 9.97 Å². The van der Waals surface area contributed by atoms with Crippen LogP contribution in [0.25, 0.3) is 20.3 Å². The Balaban J connectivity index is 1.81. The van der Waals surface area contributed by atoms with Crippen molar-refractivity contribution >= 4 is 43.3 Å². The highest BCUT2D eigenvalue weighted by molar-refractivity contribution is 7.25. The van der Waals surface area contributed by atoms with Crippen molar-refractivity contribution in [2.75, 3.05) is 5.32 Å². The van der Waals surface area contributed by atoms with Crippen molar-refractivity contribution in [1.29, 1.82) is 0 Å². The maximum absolute atomic E-state index is 4.60. The van der Waals surface area contributed by atoms with E-state index < -0.39 is 0 Å². The van der Waals surface area contributed by atoms with Crippen LogP contribution in [0.1, 0.15) is 0 Å². The molecule has 2 aromatic heterocycles. The highest BCUT2D eigenvalue weighted by Gasteiger charge is 2.07. The van der Waals surface area contributed by atoms with E-state index in [2.05, 4.69) is 27.4 Å². The number of thiophene rings is 1. The number of anilines is 2. The minimum Gasteiger partial charge on any atom is -0.324 e. The number of hydrogen-bond acceptors (Lipinski definition) is 4. The molecule has 0 radical (unpaired) electrons. The summed E-state index contributed by atoms with van der Waals surface area (Å²) in [6, 6.07) is 18.3. The average Bonchev–Trinajstić information content (AvgIpc) is 2.86. The zero-order chi connectivity index (χ0) is 13.4. The van der Waals surface area contributed by atoms with E-state index in [1.807, 2.05) is 48.7 Å². The molecule has 20 heavy (non-hydrogen) atoms. The molecule has 0 bridgehead atoms. The van der Waals surface area contributed by atoms with Crippen LogP contribution in [-0.2, 0) is 0 Å². The van der Waals surface area contributed by atoms with Gasteiger partial charge < -0.3 is 5.32 Å². The Kier molecular flexibility index (Phi) is 2.60. The lowest BCUT2D eigenvalue weighted by molar-refractivity contribution is 1.22. The Hall–Kier alpha value is -2.46. The summed E-state index contributed by atoms with van der Waals surface area (Å²) < 4.78 is 1.24. The highest BCUT2D eigenvalue weighted by Crippen LogP contribution is 2.32. The van der Waals surface area contributed by atoms with Crippen LogP contribution in [0, 0.1) is 0 Å². The van der Waals surface area contributed by atoms with E-state index in [1.54, 1.807) is 11.3 Å². The number of para-hydroxylation sites is 1. The fourth-order valence-electron chi connectivity index (χ4n) is 2.22. The Labute approximate surface area is 119 Å². The number of nitrogens with zero attached hydrogens (tertiary/aromatic N) is 2. The van der Waals surface area contributed by atoms with Crippen LogP contribution in [0.5, 0.6) is 0 Å². The summed E-state index contributed by atoms with van der Waals surface area (Å²) in [5.74, 6) is 0.634. The number of hydrogen-bond donors (Lipinski definition) is 1. The van der Waals surface area contributed by atoms with Crippen LogP contribution in [0.4, 0.5) is 11.6 Å². The number of rotatable bonds is 2. The van der Waals surface area contributed by atoms with Gasteiger partial charge in [0.05, 0.1) is 0 Å². The molecule has 3 nitrogen and oxygen atoms in total. The van der Waals surface area contributed by atoms with Crippen molar-refractivity contribution in [3.05, 3.63) is 60.8 Å². The molecule has 2 aromatic carbocycles. The molecule has 0 fully saturated rings. The van der Waals surface area contributed by atoms with E-state index >= 15 is 0 Å². The van der Waals surface area contributed by atoms with Crippen LogP contribution in [-0.4, -0.2) is 9.97 Å². The molecule has 96 valence electrons. The minimum absolute atomic E-state index is 0.634. The normalized spacial score (nSPS) is 11.0. The van der Waals surface area contributed by atoms with Crippen molar-refractivity contribution in [2.45, 2.75) is 0 Å². The summed E-state index contributed by atoms with van der Waals surface area (Å²) in [5, 5.41) is 5.56. The standard InChI is InChI=1S/C16H11N3S/c1-2-6-11(7-3-1)18-16-17-10-13-12-8-4-5-9-14(12)20-15(13)19-16/h1-10H,(H,17,18,19). The third-order valence-electron chi connectivity index (χ3n) is 3.17.